The highest BCUT2D eigenvalue weighted by Gasteiger charge is 2.27. The van der Waals surface area contributed by atoms with Crippen LogP contribution in [0.5, 0.6) is 0 Å². The number of anilines is 9. The van der Waals surface area contributed by atoms with Gasteiger partial charge in [-0.3, -0.25) is 0 Å². The number of nitrogens with zero attached hydrogens (tertiary/aromatic N) is 4. The zero-order chi connectivity index (χ0) is 94.8. The van der Waals surface area contributed by atoms with Gasteiger partial charge in [0.15, 0.2) is 0 Å². The molecular weight excluding hydrogens is 1760 g/mol. The molecule has 6 aromatic heterocycles. The van der Waals surface area contributed by atoms with Crippen LogP contribution in [-0.2, 0) is 0 Å². The molecule has 0 N–H and O–H groups in total. The lowest BCUT2D eigenvalue weighted by Gasteiger charge is -2.28. The van der Waals surface area contributed by atoms with E-state index in [1.807, 2.05) is 66.7 Å². The van der Waals surface area contributed by atoms with Gasteiger partial charge in [-0.05, 0) is 258 Å². The maximum atomic E-state index is 6.51. The molecule has 9 nitrogen and oxygen atoms in total. The van der Waals surface area contributed by atoms with Crippen molar-refractivity contribution in [3.63, 3.8) is 0 Å². The summed E-state index contributed by atoms with van der Waals surface area (Å²) in [6, 6.07) is 181. The summed E-state index contributed by atoms with van der Waals surface area (Å²) >= 11 is 0. The van der Waals surface area contributed by atoms with Gasteiger partial charge in [-0.1, -0.05) is 328 Å². The van der Waals surface area contributed by atoms with Crippen LogP contribution < -0.4 is 14.7 Å². The number of rotatable bonds is 13. The third-order valence-electron chi connectivity index (χ3n) is 28.7. The maximum Gasteiger partial charge on any atom is 0.143 e. The number of hydrogen-bond acceptors (Lipinski definition) is 9. The van der Waals surface area contributed by atoms with Crippen molar-refractivity contribution in [2.75, 3.05) is 14.7 Å². The van der Waals surface area contributed by atoms with Crippen molar-refractivity contribution in [1.29, 1.82) is 0 Å². The molecule has 0 saturated heterocycles. The molecule has 0 aliphatic carbocycles. The van der Waals surface area contributed by atoms with E-state index < -0.39 is 0 Å². The van der Waals surface area contributed by atoms with E-state index in [2.05, 4.69) is 458 Å². The quantitative estimate of drug-likeness (QED) is 0.105. The van der Waals surface area contributed by atoms with Gasteiger partial charge in [-0.25, -0.2) is 4.98 Å². The Hall–Kier alpha value is -19.4. The van der Waals surface area contributed by atoms with Gasteiger partial charge in [0, 0.05) is 127 Å². The third-order valence-corrected chi connectivity index (χ3v) is 28.7. The Labute approximate surface area is 826 Å². The van der Waals surface area contributed by atoms with Crippen LogP contribution in [0.1, 0.15) is 0 Å². The Morgan fingerprint density at radius 1 is 0.146 bits per heavy atom. The van der Waals surface area contributed by atoms with E-state index in [0.29, 0.717) is 0 Å². The van der Waals surface area contributed by atoms with Gasteiger partial charge in [-0.2, -0.15) is 0 Å². The minimum absolute atomic E-state index is 0.847. The van der Waals surface area contributed by atoms with E-state index in [1.165, 1.54) is 76.1 Å². The van der Waals surface area contributed by atoms with Crippen molar-refractivity contribution >= 4 is 236 Å². The van der Waals surface area contributed by atoms with Crippen LogP contribution >= 0.6 is 0 Å². The van der Waals surface area contributed by atoms with Crippen LogP contribution in [0, 0.1) is 0 Å². The summed E-state index contributed by atoms with van der Waals surface area (Å²) in [6.07, 6.45) is 0. The second kappa shape index (κ2) is 34.4. The first-order valence-corrected chi connectivity index (χ1v) is 48.8. The number of aromatic nitrogens is 1. The molecular formula is C135H84N4O5. The van der Waals surface area contributed by atoms with Crippen molar-refractivity contribution in [3.05, 3.63) is 510 Å². The number of pyridine rings is 1. The Kier molecular flexibility index (Phi) is 19.8. The number of benzene rings is 24. The Morgan fingerprint density at radius 2 is 0.507 bits per heavy atom. The minimum atomic E-state index is 0.847. The molecule has 6 heterocycles. The fourth-order valence-electron chi connectivity index (χ4n) is 21.9. The van der Waals surface area contributed by atoms with Gasteiger partial charge in [0.25, 0.3) is 0 Å². The summed E-state index contributed by atoms with van der Waals surface area (Å²) < 4.78 is 31.6. The molecule has 0 amide bonds. The van der Waals surface area contributed by atoms with Crippen LogP contribution in [0.4, 0.5) is 51.2 Å². The summed E-state index contributed by atoms with van der Waals surface area (Å²) in [4.78, 5) is 12.2. The highest BCUT2D eigenvalue weighted by atomic mass is 16.3. The van der Waals surface area contributed by atoms with Gasteiger partial charge in [0.05, 0.1) is 22.6 Å². The maximum absolute atomic E-state index is 6.51. The number of para-hydroxylation sites is 8. The normalized spacial score (nSPS) is 11.8. The standard InChI is InChI=1S/C50H29NO3.C44H29NO.C41H26N2O/c1-2-11-34-30(10-1)27-44(36-23-20-31(26-42(34)36)35-15-9-16-41-38-13-4-8-19-47(38)54-50(35)41)51(32-22-25-48-43(28-32)39-14-5-7-18-46(39)52-48)33-21-24-40-37-12-3-6-17-45(37)53-49(40)29-33;1-3-11-30(12-4-1)32-19-22-35(23-20-32)45(36-24-26-44-41(29-36)39-17-9-10-18-43(39)46-44)42-28-34-15-7-8-16-37(34)38-25-21-33(27-40(38)42)31-13-5-2-6-14-31;1-2-11-29(12-3-1)43(31-20-23-41-37(26-31)35-15-7-9-17-40(35)44-41)30-19-21-32-28(24-30)25-36(34-14-6-5-13-33(32)34)39-22-18-27-10-4-8-16-38(27)42-39/h1-29H;1-29H;1-26H. The van der Waals surface area contributed by atoms with Crippen LogP contribution in [0.15, 0.2) is 532 Å². The van der Waals surface area contributed by atoms with E-state index in [9.17, 15) is 0 Å². The van der Waals surface area contributed by atoms with Gasteiger partial charge in [0.2, 0.25) is 0 Å². The molecule has 0 atom stereocenters. The van der Waals surface area contributed by atoms with E-state index in [1.54, 1.807) is 0 Å². The summed E-state index contributed by atoms with van der Waals surface area (Å²) in [5, 5.41) is 26.6. The minimum Gasteiger partial charge on any atom is -0.456 e. The molecule has 30 aromatic rings. The second-order valence-electron chi connectivity index (χ2n) is 37.0. The molecule has 0 spiro atoms. The molecule has 0 bridgehead atoms. The molecule has 0 fully saturated rings. The molecule has 9 heteroatoms. The van der Waals surface area contributed by atoms with E-state index in [0.717, 1.165) is 205 Å². The number of furan rings is 5. The number of hydrogen-bond donors (Lipinski definition) is 0. The molecule has 0 radical (unpaired) electrons. The molecule has 0 aliphatic rings. The summed E-state index contributed by atoms with van der Waals surface area (Å²) in [5.41, 5.74) is 28.6. The third kappa shape index (κ3) is 14.3. The van der Waals surface area contributed by atoms with Crippen molar-refractivity contribution in [2.45, 2.75) is 0 Å². The van der Waals surface area contributed by atoms with Crippen LogP contribution in [0.2, 0.25) is 0 Å². The summed E-state index contributed by atoms with van der Waals surface area (Å²) in [5.74, 6) is 0. The van der Waals surface area contributed by atoms with Crippen molar-refractivity contribution < 1.29 is 22.1 Å². The van der Waals surface area contributed by atoms with E-state index in [-0.39, 0.29) is 0 Å². The first kappa shape index (κ1) is 82.9. The highest BCUT2D eigenvalue weighted by molar-refractivity contribution is 6.21. The summed E-state index contributed by atoms with van der Waals surface area (Å²) in [7, 11) is 0. The second-order valence-corrected chi connectivity index (χ2v) is 37.0. The van der Waals surface area contributed by atoms with E-state index in [4.69, 9.17) is 27.1 Å². The zero-order valence-electron chi connectivity index (χ0n) is 77.8. The van der Waals surface area contributed by atoms with Gasteiger partial charge < -0.3 is 36.8 Å². The zero-order valence-corrected chi connectivity index (χ0v) is 77.8. The average molecular weight is 1840 g/mol. The molecule has 24 aromatic carbocycles. The van der Waals surface area contributed by atoms with Crippen molar-refractivity contribution in [3.8, 4) is 44.6 Å². The van der Waals surface area contributed by atoms with Crippen LogP contribution in [0.25, 0.3) is 230 Å². The molecule has 144 heavy (non-hydrogen) atoms. The van der Waals surface area contributed by atoms with Crippen molar-refractivity contribution in [1.82, 2.24) is 4.98 Å². The lowest BCUT2D eigenvalue weighted by Crippen LogP contribution is -2.10. The smallest absolute Gasteiger partial charge is 0.143 e. The largest absolute Gasteiger partial charge is 0.456 e. The fraction of sp³-hybridized carbons (Fsp3) is 0. The van der Waals surface area contributed by atoms with Gasteiger partial charge in [-0.15, -0.1) is 0 Å². The Bertz CT molecular complexity index is 10400. The molecule has 0 saturated carbocycles. The first-order valence-electron chi connectivity index (χ1n) is 48.8. The molecule has 30 rings (SSSR count). The number of fused-ring (bicyclic) bond motifs is 25. The highest BCUT2D eigenvalue weighted by Crippen LogP contribution is 2.51. The van der Waals surface area contributed by atoms with Gasteiger partial charge in [0.1, 0.15) is 55.8 Å². The van der Waals surface area contributed by atoms with Crippen LogP contribution in [-0.4, -0.2) is 4.98 Å². The molecule has 0 aliphatic heterocycles. The SMILES string of the molecule is c1ccc(-c2ccc(N(c3ccc4oc5ccccc5c4c3)c3cc4ccccc4c4ccc(-c5ccccc5)cc34)cc2)cc1.c1ccc(N(c2ccc3c(c2)cc(-c2ccc4ccccc4n2)c2ccccc23)c2ccc3oc4ccccc4c3c2)cc1.c1ccc2c(c1)cc(N(c1ccc3c(c1)oc1ccccc13)c1ccc3oc4ccccc4c3c1)c1ccc(-c3cccc4c3oc3ccccc34)cc12. The Morgan fingerprint density at radius 3 is 1.11 bits per heavy atom. The fourth-order valence-corrected chi connectivity index (χ4v) is 21.9. The van der Waals surface area contributed by atoms with E-state index >= 15 is 0 Å². The molecule has 674 valence electrons. The van der Waals surface area contributed by atoms with Crippen LogP contribution in [0.3, 0.4) is 0 Å². The van der Waals surface area contributed by atoms with Gasteiger partial charge >= 0.3 is 0 Å². The average Bonchev–Trinajstić information content (AvgIpc) is 0.775. The topological polar surface area (TPSA) is 88.3 Å². The monoisotopic (exact) mass is 1840 g/mol. The first-order chi connectivity index (χ1) is 71.3. The Balaban J connectivity index is 0.000000106. The lowest BCUT2D eigenvalue weighted by molar-refractivity contribution is 0.668. The lowest BCUT2D eigenvalue weighted by atomic mass is 9.94. The predicted octanol–water partition coefficient (Wildman–Crippen LogP) is 39.1. The van der Waals surface area contributed by atoms with Crippen molar-refractivity contribution in [2.24, 2.45) is 0 Å². The molecule has 0 unspecified atom stereocenters. The predicted molar refractivity (Wildman–Crippen MR) is 602 cm³/mol. The summed E-state index contributed by atoms with van der Waals surface area (Å²) in [6.45, 7) is 0.